The van der Waals surface area contributed by atoms with Crippen molar-refractivity contribution in [2.75, 3.05) is 5.32 Å². The molecule has 1 amide bonds. The molecule has 0 unspecified atom stereocenters. The van der Waals surface area contributed by atoms with E-state index in [9.17, 15) is 4.79 Å². The molecule has 0 radical (unpaired) electrons. The second-order valence-corrected chi connectivity index (χ2v) is 7.69. The predicted molar refractivity (Wildman–Crippen MR) is 117 cm³/mol. The smallest absolute Gasteiger partial charge is 0.256 e. The number of anilines is 1. The number of hydrogen-bond donors (Lipinski definition) is 1. The fraction of sp³-hybridized carbons (Fsp3) is 0.182. The molecule has 3 heterocycles. The molecule has 30 heavy (non-hydrogen) atoms. The van der Waals surface area contributed by atoms with Crippen LogP contribution >= 0.6 is 11.3 Å². The number of nitrogens with zero attached hydrogens (tertiary/aromatic N) is 4. The molecule has 0 aliphatic carbocycles. The quantitative estimate of drug-likeness (QED) is 0.492. The summed E-state index contributed by atoms with van der Waals surface area (Å²) >= 11 is 1.49. The topological polar surface area (TPSA) is 81.9 Å². The summed E-state index contributed by atoms with van der Waals surface area (Å²) in [6.45, 7) is 7.84. The minimum atomic E-state index is -0.138. The Bertz CT molecular complexity index is 1200. The van der Waals surface area contributed by atoms with Crippen LogP contribution in [0.2, 0.25) is 0 Å². The molecular formula is C22H21N5O2S. The molecule has 1 aromatic carbocycles. The highest BCUT2D eigenvalue weighted by Gasteiger charge is 2.13. The normalized spacial score (nSPS) is 10.8. The van der Waals surface area contributed by atoms with Gasteiger partial charge in [-0.05, 0) is 69.0 Å². The van der Waals surface area contributed by atoms with E-state index in [4.69, 9.17) is 4.74 Å². The van der Waals surface area contributed by atoms with Gasteiger partial charge in [-0.3, -0.25) is 4.79 Å². The van der Waals surface area contributed by atoms with Crippen molar-refractivity contribution in [2.45, 2.75) is 27.7 Å². The molecule has 0 saturated heterocycles. The van der Waals surface area contributed by atoms with Gasteiger partial charge in [0.2, 0.25) is 5.88 Å². The van der Waals surface area contributed by atoms with Gasteiger partial charge in [0, 0.05) is 22.8 Å². The zero-order valence-corrected chi connectivity index (χ0v) is 17.9. The molecule has 0 saturated carbocycles. The van der Waals surface area contributed by atoms with Crippen molar-refractivity contribution in [1.29, 1.82) is 0 Å². The summed E-state index contributed by atoms with van der Waals surface area (Å²) in [5, 5.41) is 11.1. The lowest BCUT2D eigenvalue weighted by Crippen LogP contribution is -2.10. The summed E-state index contributed by atoms with van der Waals surface area (Å²) < 4.78 is 7.73. The van der Waals surface area contributed by atoms with Gasteiger partial charge in [0.1, 0.15) is 11.6 Å². The van der Waals surface area contributed by atoms with E-state index in [1.165, 1.54) is 11.3 Å². The molecule has 4 aromatic rings. The maximum Gasteiger partial charge on any atom is 0.256 e. The van der Waals surface area contributed by atoms with E-state index in [0.29, 0.717) is 34.5 Å². The van der Waals surface area contributed by atoms with E-state index in [1.807, 2.05) is 38.5 Å². The molecule has 4 rings (SSSR count). The first-order chi connectivity index (χ1) is 14.4. The SMILES string of the molecule is Cc1nc(Oc2ccc(NC(=O)c3ccsc3)cc2)cc(-n2nc(C)c(C)c2C)n1. The largest absolute Gasteiger partial charge is 0.439 e. The van der Waals surface area contributed by atoms with Gasteiger partial charge in [0.15, 0.2) is 5.82 Å². The van der Waals surface area contributed by atoms with Crippen LogP contribution in [-0.2, 0) is 0 Å². The third kappa shape index (κ3) is 4.08. The molecular weight excluding hydrogens is 398 g/mol. The summed E-state index contributed by atoms with van der Waals surface area (Å²) in [5.74, 6) is 2.15. The van der Waals surface area contributed by atoms with Gasteiger partial charge >= 0.3 is 0 Å². The zero-order valence-electron chi connectivity index (χ0n) is 17.1. The highest BCUT2D eigenvalue weighted by atomic mass is 32.1. The average Bonchev–Trinajstić information content (AvgIpc) is 3.34. The summed E-state index contributed by atoms with van der Waals surface area (Å²) in [5.41, 5.74) is 4.46. The fourth-order valence-electron chi connectivity index (χ4n) is 2.95. The van der Waals surface area contributed by atoms with Crippen LogP contribution in [0.15, 0.2) is 47.2 Å². The number of ether oxygens (including phenoxy) is 1. The van der Waals surface area contributed by atoms with Gasteiger partial charge < -0.3 is 10.1 Å². The van der Waals surface area contributed by atoms with Crippen LogP contribution in [0.1, 0.15) is 33.1 Å². The monoisotopic (exact) mass is 419 g/mol. The Morgan fingerprint density at radius 1 is 1.07 bits per heavy atom. The maximum absolute atomic E-state index is 12.2. The van der Waals surface area contributed by atoms with Crippen LogP contribution in [0.5, 0.6) is 11.6 Å². The number of amides is 1. The molecule has 0 fully saturated rings. The molecule has 7 nitrogen and oxygen atoms in total. The standard InChI is InChI=1S/C22H21N5O2S/c1-13-14(2)26-27(15(13)3)20-11-21(24-16(4)23-20)29-19-7-5-18(6-8-19)25-22(28)17-9-10-30-12-17/h5-12H,1-4H3,(H,25,28). The Kier molecular flexibility index (Phi) is 5.33. The fourth-order valence-corrected chi connectivity index (χ4v) is 3.59. The number of carbonyl (C=O) groups excluding carboxylic acids is 1. The van der Waals surface area contributed by atoms with Crippen molar-refractivity contribution in [3.63, 3.8) is 0 Å². The first kappa shape index (κ1) is 19.8. The van der Waals surface area contributed by atoms with Crippen LogP contribution in [0, 0.1) is 27.7 Å². The predicted octanol–water partition coefficient (Wildman–Crippen LogP) is 5.00. The summed E-state index contributed by atoms with van der Waals surface area (Å²) in [6, 6.07) is 10.7. The maximum atomic E-state index is 12.2. The van der Waals surface area contributed by atoms with Gasteiger partial charge in [-0.1, -0.05) is 0 Å². The van der Waals surface area contributed by atoms with Crippen molar-refractivity contribution < 1.29 is 9.53 Å². The Morgan fingerprint density at radius 2 is 1.83 bits per heavy atom. The number of aromatic nitrogens is 4. The first-order valence-electron chi connectivity index (χ1n) is 9.41. The first-order valence-corrected chi connectivity index (χ1v) is 10.4. The lowest BCUT2D eigenvalue weighted by molar-refractivity contribution is 0.102. The van der Waals surface area contributed by atoms with E-state index in [-0.39, 0.29) is 5.91 Å². The van der Waals surface area contributed by atoms with E-state index in [2.05, 4.69) is 20.4 Å². The lowest BCUT2D eigenvalue weighted by atomic mass is 10.2. The van der Waals surface area contributed by atoms with Crippen molar-refractivity contribution in [3.8, 4) is 17.4 Å². The van der Waals surface area contributed by atoms with Crippen LogP contribution < -0.4 is 10.1 Å². The van der Waals surface area contributed by atoms with Crippen LogP contribution in [0.3, 0.4) is 0 Å². The number of aryl methyl sites for hydroxylation is 2. The number of carbonyl (C=O) groups is 1. The molecule has 0 aliphatic heterocycles. The molecule has 3 aromatic heterocycles. The Morgan fingerprint density at radius 3 is 2.47 bits per heavy atom. The van der Waals surface area contributed by atoms with Crippen molar-refractivity contribution in [1.82, 2.24) is 19.7 Å². The number of thiophene rings is 1. The van der Waals surface area contributed by atoms with E-state index >= 15 is 0 Å². The van der Waals surface area contributed by atoms with Gasteiger partial charge in [0.25, 0.3) is 5.91 Å². The third-order valence-corrected chi connectivity index (χ3v) is 5.47. The Labute approximate surface area is 178 Å². The molecule has 1 N–H and O–H groups in total. The highest BCUT2D eigenvalue weighted by molar-refractivity contribution is 7.08. The number of hydrogen-bond acceptors (Lipinski definition) is 6. The summed E-state index contributed by atoms with van der Waals surface area (Å²) in [6.07, 6.45) is 0. The van der Waals surface area contributed by atoms with Crippen molar-refractivity contribution in [2.24, 2.45) is 0 Å². The summed E-state index contributed by atoms with van der Waals surface area (Å²) in [4.78, 5) is 21.0. The molecule has 152 valence electrons. The van der Waals surface area contributed by atoms with Crippen LogP contribution in [0.4, 0.5) is 5.69 Å². The molecule has 0 spiro atoms. The number of nitrogens with one attached hydrogen (secondary N) is 1. The van der Waals surface area contributed by atoms with Gasteiger partial charge in [0.05, 0.1) is 11.3 Å². The van der Waals surface area contributed by atoms with Crippen molar-refractivity contribution >= 4 is 22.9 Å². The van der Waals surface area contributed by atoms with E-state index in [0.717, 1.165) is 17.0 Å². The second-order valence-electron chi connectivity index (χ2n) is 6.91. The Hall–Kier alpha value is -3.52. The van der Waals surface area contributed by atoms with Gasteiger partial charge in [-0.15, -0.1) is 0 Å². The van der Waals surface area contributed by atoms with E-state index in [1.54, 1.807) is 41.1 Å². The number of benzene rings is 1. The van der Waals surface area contributed by atoms with E-state index < -0.39 is 0 Å². The molecule has 0 atom stereocenters. The molecule has 0 aliphatic rings. The Balaban J connectivity index is 1.52. The van der Waals surface area contributed by atoms with Gasteiger partial charge in [-0.25, -0.2) is 9.67 Å². The second kappa shape index (κ2) is 8.08. The number of rotatable bonds is 5. The molecule has 8 heteroatoms. The van der Waals surface area contributed by atoms with Crippen LogP contribution in [0.25, 0.3) is 5.82 Å². The molecule has 0 bridgehead atoms. The van der Waals surface area contributed by atoms with Crippen LogP contribution in [-0.4, -0.2) is 25.7 Å². The van der Waals surface area contributed by atoms with Crippen molar-refractivity contribution in [3.05, 3.63) is 75.5 Å². The van der Waals surface area contributed by atoms with Gasteiger partial charge in [-0.2, -0.15) is 21.4 Å². The minimum absolute atomic E-state index is 0.138. The average molecular weight is 420 g/mol. The summed E-state index contributed by atoms with van der Waals surface area (Å²) in [7, 11) is 0. The third-order valence-electron chi connectivity index (χ3n) is 4.79. The lowest BCUT2D eigenvalue weighted by Gasteiger charge is -2.10. The zero-order chi connectivity index (χ0) is 21.3. The highest BCUT2D eigenvalue weighted by Crippen LogP contribution is 2.24. The minimum Gasteiger partial charge on any atom is -0.439 e.